The number of benzene rings is 2. The molecule has 4 aromatic rings. The van der Waals surface area contributed by atoms with Gasteiger partial charge in [0.15, 0.2) is 28.8 Å². The van der Waals surface area contributed by atoms with Crippen LogP contribution >= 0.6 is 0 Å². The van der Waals surface area contributed by atoms with E-state index in [1.807, 2.05) is 29.7 Å². The molecule has 0 saturated heterocycles. The Morgan fingerprint density at radius 1 is 1.03 bits per heavy atom. The molecule has 0 spiro atoms. The van der Waals surface area contributed by atoms with E-state index in [1.165, 1.54) is 19.1 Å². The fraction of sp³-hybridized carbons (Fsp3) is 0.192. The first-order chi connectivity index (χ1) is 16.8. The molecule has 0 unspecified atom stereocenters. The van der Waals surface area contributed by atoms with Crippen molar-refractivity contribution in [2.45, 2.75) is 6.92 Å². The minimum Gasteiger partial charge on any atom is -0.504 e. The van der Waals surface area contributed by atoms with Crippen molar-refractivity contribution in [2.24, 2.45) is 4.99 Å². The molecule has 0 aliphatic carbocycles. The lowest BCUT2D eigenvalue weighted by Gasteiger charge is -2.13. The summed E-state index contributed by atoms with van der Waals surface area (Å²) in [6, 6.07) is 14.2. The summed E-state index contributed by atoms with van der Waals surface area (Å²) in [6.07, 6.45) is 3.10. The van der Waals surface area contributed by atoms with Crippen LogP contribution in [0.5, 0.6) is 23.0 Å². The van der Waals surface area contributed by atoms with Gasteiger partial charge in [0.25, 0.3) is 0 Å². The van der Waals surface area contributed by atoms with Crippen LogP contribution in [-0.2, 0) is 0 Å². The Labute approximate surface area is 202 Å². The van der Waals surface area contributed by atoms with Crippen molar-refractivity contribution in [2.75, 3.05) is 28.3 Å². The number of amides is 1. The number of carbonyl (C=O) groups is 1. The fourth-order valence-corrected chi connectivity index (χ4v) is 3.45. The summed E-state index contributed by atoms with van der Waals surface area (Å²) in [5.41, 5.74) is 3.93. The second-order valence-electron chi connectivity index (χ2n) is 8.03. The molecule has 4 rings (SSSR count). The van der Waals surface area contributed by atoms with Gasteiger partial charge in [-0.3, -0.25) is 4.40 Å². The van der Waals surface area contributed by atoms with Crippen LogP contribution in [0, 0.1) is 6.92 Å². The van der Waals surface area contributed by atoms with E-state index >= 15 is 0 Å². The average molecular weight is 475 g/mol. The number of phenolic OH excluding ortho intramolecular Hbond substituents is 1. The van der Waals surface area contributed by atoms with Gasteiger partial charge in [-0.25, -0.2) is 14.8 Å². The Morgan fingerprint density at radius 2 is 1.80 bits per heavy atom. The number of hydrogen-bond acceptors (Lipinski definition) is 7. The van der Waals surface area contributed by atoms with E-state index in [4.69, 9.17) is 24.2 Å². The van der Waals surface area contributed by atoms with Gasteiger partial charge in [0, 0.05) is 32.1 Å². The number of fused-ring (bicyclic) bond motifs is 1. The van der Waals surface area contributed by atoms with Gasteiger partial charge in [0.05, 0.1) is 14.2 Å². The summed E-state index contributed by atoms with van der Waals surface area (Å²) >= 11 is 0. The molecule has 2 aromatic heterocycles. The highest BCUT2D eigenvalue weighted by Gasteiger charge is 2.16. The van der Waals surface area contributed by atoms with Crippen LogP contribution in [0.2, 0.25) is 0 Å². The van der Waals surface area contributed by atoms with Gasteiger partial charge in [-0.05, 0) is 66.6 Å². The summed E-state index contributed by atoms with van der Waals surface area (Å²) in [5, 5.41) is 10.0. The lowest BCUT2D eigenvalue weighted by atomic mass is 10.1. The first-order valence-corrected chi connectivity index (χ1v) is 10.8. The Bertz CT molecular complexity index is 1430. The minimum absolute atomic E-state index is 0.0445. The number of imidazole rings is 1. The number of aromatic nitrogens is 2. The van der Waals surface area contributed by atoms with Gasteiger partial charge < -0.3 is 24.2 Å². The van der Waals surface area contributed by atoms with Crippen LogP contribution in [0.1, 0.15) is 11.1 Å². The predicted molar refractivity (Wildman–Crippen MR) is 134 cm³/mol. The number of ether oxygens (including phenoxy) is 3. The zero-order valence-electron chi connectivity index (χ0n) is 20.1. The van der Waals surface area contributed by atoms with E-state index in [1.54, 1.807) is 56.7 Å². The molecule has 2 heterocycles. The molecule has 180 valence electrons. The van der Waals surface area contributed by atoms with Gasteiger partial charge in [-0.2, -0.15) is 0 Å². The van der Waals surface area contributed by atoms with Crippen LogP contribution in [-0.4, -0.2) is 60.0 Å². The maximum Gasteiger partial charge on any atom is 0.414 e. The molecule has 0 radical (unpaired) electrons. The van der Waals surface area contributed by atoms with Crippen molar-refractivity contribution in [1.82, 2.24) is 14.3 Å². The highest BCUT2D eigenvalue weighted by Crippen LogP contribution is 2.36. The molecule has 0 aliphatic rings. The van der Waals surface area contributed by atoms with Crippen molar-refractivity contribution in [1.29, 1.82) is 0 Å². The van der Waals surface area contributed by atoms with Crippen molar-refractivity contribution >= 4 is 23.8 Å². The molecule has 9 heteroatoms. The van der Waals surface area contributed by atoms with Crippen LogP contribution in [0.4, 0.5) is 10.6 Å². The molecule has 0 aliphatic heterocycles. The molecule has 9 nitrogen and oxygen atoms in total. The molecular weight excluding hydrogens is 448 g/mol. The highest BCUT2D eigenvalue weighted by atomic mass is 16.6. The zero-order valence-corrected chi connectivity index (χ0v) is 20.1. The van der Waals surface area contributed by atoms with Crippen LogP contribution < -0.4 is 14.2 Å². The third-order valence-corrected chi connectivity index (χ3v) is 5.30. The molecule has 0 saturated carbocycles. The molecular formula is C26H26N4O5. The summed E-state index contributed by atoms with van der Waals surface area (Å²) in [4.78, 5) is 22.8. The number of aromatic hydroxyl groups is 1. The summed E-state index contributed by atoms with van der Waals surface area (Å²) < 4.78 is 17.9. The molecule has 1 N–H and O–H groups in total. The van der Waals surface area contributed by atoms with Gasteiger partial charge in [-0.1, -0.05) is 0 Å². The van der Waals surface area contributed by atoms with E-state index < -0.39 is 6.09 Å². The Kier molecular flexibility index (Phi) is 6.59. The van der Waals surface area contributed by atoms with Gasteiger partial charge in [0.2, 0.25) is 0 Å². The quantitative estimate of drug-likeness (QED) is 0.402. The second-order valence-corrected chi connectivity index (χ2v) is 8.03. The molecule has 2 aromatic carbocycles. The lowest BCUT2D eigenvalue weighted by Crippen LogP contribution is -2.25. The first-order valence-electron chi connectivity index (χ1n) is 10.8. The van der Waals surface area contributed by atoms with Gasteiger partial charge in [-0.15, -0.1) is 0 Å². The van der Waals surface area contributed by atoms with Crippen LogP contribution in [0.15, 0.2) is 59.7 Å². The smallest absolute Gasteiger partial charge is 0.414 e. The summed E-state index contributed by atoms with van der Waals surface area (Å²) in [7, 11) is 6.22. The molecule has 1 amide bonds. The SMILES string of the molecule is COc1cc(-c2nc3cc(C)ccn3c2N=Cc2ccc(OC(=O)N(C)C)c(OC)c2)ccc1O. The number of carbonyl (C=O) groups excluding carboxylic acids is 1. The number of aliphatic imine (C=N–C) groups is 1. The number of hydrogen-bond donors (Lipinski definition) is 1. The van der Waals surface area contributed by atoms with E-state index in [9.17, 15) is 9.90 Å². The maximum atomic E-state index is 11.9. The molecule has 0 fully saturated rings. The largest absolute Gasteiger partial charge is 0.504 e. The molecule has 0 atom stereocenters. The topological polar surface area (TPSA) is 97.9 Å². The third kappa shape index (κ3) is 4.89. The fourth-order valence-electron chi connectivity index (χ4n) is 3.45. The van der Waals surface area contributed by atoms with E-state index in [-0.39, 0.29) is 5.75 Å². The normalized spacial score (nSPS) is 11.1. The summed E-state index contributed by atoms with van der Waals surface area (Å²) in [5.74, 6) is 1.71. The van der Waals surface area contributed by atoms with Crippen molar-refractivity contribution in [3.63, 3.8) is 0 Å². The predicted octanol–water partition coefficient (Wildman–Crippen LogP) is 4.84. The van der Waals surface area contributed by atoms with Crippen LogP contribution in [0.25, 0.3) is 16.9 Å². The van der Waals surface area contributed by atoms with E-state index in [0.717, 1.165) is 22.3 Å². The number of phenols is 1. The van der Waals surface area contributed by atoms with Gasteiger partial charge >= 0.3 is 6.09 Å². The number of rotatable bonds is 6. The Morgan fingerprint density at radius 3 is 2.51 bits per heavy atom. The number of nitrogens with zero attached hydrogens (tertiary/aromatic N) is 4. The van der Waals surface area contributed by atoms with Crippen molar-refractivity contribution < 1.29 is 24.1 Å². The summed E-state index contributed by atoms with van der Waals surface area (Å²) in [6.45, 7) is 2.00. The number of methoxy groups -OCH3 is 2. The number of aryl methyl sites for hydroxylation is 1. The van der Waals surface area contributed by atoms with E-state index in [2.05, 4.69) is 0 Å². The average Bonchev–Trinajstić information content (AvgIpc) is 3.20. The molecule has 0 bridgehead atoms. The first kappa shape index (κ1) is 23.6. The van der Waals surface area contributed by atoms with Crippen molar-refractivity contribution in [3.8, 4) is 34.3 Å². The van der Waals surface area contributed by atoms with E-state index in [0.29, 0.717) is 28.8 Å². The third-order valence-electron chi connectivity index (χ3n) is 5.30. The highest BCUT2D eigenvalue weighted by molar-refractivity contribution is 5.86. The Balaban J connectivity index is 1.76. The Hall–Kier alpha value is -4.53. The van der Waals surface area contributed by atoms with Crippen molar-refractivity contribution in [3.05, 3.63) is 65.9 Å². The maximum absolute atomic E-state index is 11.9. The lowest BCUT2D eigenvalue weighted by molar-refractivity contribution is 0.170. The zero-order chi connectivity index (χ0) is 25.1. The van der Waals surface area contributed by atoms with Gasteiger partial charge in [0.1, 0.15) is 11.3 Å². The molecule has 35 heavy (non-hydrogen) atoms. The van der Waals surface area contributed by atoms with Crippen LogP contribution in [0.3, 0.4) is 0 Å². The monoisotopic (exact) mass is 474 g/mol. The standard InChI is InChI=1S/C26H26N4O5/c1-16-10-11-30-23(12-16)28-24(18-7-8-19(31)21(14-18)33-4)25(30)27-15-17-6-9-20(22(13-17)34-5)35-26(32)29(2)3/h6-15,31H,1-5H3. The number of pyridine rings is 1. The minimum atomic E-state index is -0.500. The second kappa shape index (κ2) is 9.76.